The van der Waals surface area contributed by atoms with Gasteiger partial charge in [0.15, 0.2) is 5.96 Å². The standard InChI is InChI=1S/C23H28FN5O/c1-18(2)30-22-8-6-21(7-9-22)28-23(27-13-15-29-14-12-25-17-29)26-11-10-19-4-3-5-20(24)16-19/h3-9,12,14,16-18H,10-11,13,15H2,1-2H3,(H2,26,27,28). The van der Waals surface area contributed by atoms with E-state index in [9.17, 15) is 4.39 Å². The molecule has 0 fully saturated rings. The van der Waals surface area contributed by atoms with E-state index in [0.29, 0.717) is 25.5 Å². The summed E-state index contributed by atoms with van der Waals surface area (Å²) in [5.74, 6) is 1.27. The van der Waals surface area contributed by atoms with Gasteiger partial charge in [0, 0.05) is 37.7 Å². The Hall–Kier alpha value is -3.35. The van der Waals surface area contributed by atoms with E-state index in [1.807, 2.05) is 54.9 Å². The molecule has 0 atom stereocenters. The highest BCUT2D eigenvalue weighted by Gasteiger charge is 2.03. The summed E-state index contributed by atoms with van der Waals surface area (Å²) < 4.78 is 21.1. The Labute approximate surface area is 176 Å². The number of hydrogen-bond acceptors (Lipinski definition) is 3. The van der Waals surface area contributed by atoms with Gasteiger partial charge >= 0.3 is 0 Å². The fourth-order valence-electron chi connectivity index (χ4n) is 2.88. The molecule has 30 heavy (non-hydrogen) atoms. The van der Waals surface area contributed by atoms with Gasteiger partial charge in [0.2, 0.25) is 0 Å². The van der Waals surface area contributed by atoms with Crippen molar-refractivity contribution in [3.8, 4) is 5.75 Å². The molecular formula is C23H28FN5O. The minimum atomic E-state index is -0.225. The molecular weight excluding hydrogens is 381 g/mol. The van der Waals surface area contributed by atoms with Crippen LogP contribution in [-0.2, 0) is 13.0 Å². The predicted octanol–water partition coefficient (Wildman–Crippen LogP) is 4.11. The Morgan fingerprint density at radius 2 is 2.03 bits per heavy atom. The summed E-state index contributed by atoms with van der Waals surface area (Å²) in [5.41, 5.74) is 1.83. The van der Waals surface area contributed by atoms with Crippen molar-refractivity contribution in [2.75, 3.05) is 18.4 Å². The maximum Gasteiger partial charge on any atom is 0.195 e. The minimum Gasteiger partial charge on any atom is -0.491 e. The van der Waals surface area contributed by atoms with Gasteiger partial charge in [0.05, 0.1) is 12.4 Å². The lowest BCUT2D eigenvalue weighted by Gasteiger charge is -2.14. The van der Waals surface area contributed by atoms with Gasteiger partial charge in [-0.3, -0.25) is 4.99 Å². The first kappa shape index (κ1) is 21.4. The van der Waals surface area contributed by atoms with Crippen LogP contribution in [0.25, 0.3) is 0 Å². The Morgan fingerprint density at radius 3 is 2.73 bits per heavy atom. The van der Waals surface area contributed by atoms with E-state index in [-0.39, 0.29) is 11.9 Å². The van der Waals surface area contributed by atoms with E-state index in [1.54, 1.807) is 24.7 Å². The van der Waals surface area contributed by atoms with Crippen LogP contribution in [0.1, 0.15) is 19.4 Å². The molecule has 6 nitrogen and oxygen atoms in total. The monoisotopic (exact) mass is 409 g/mol. The van der Waals surface area contributed by atoms with Crippen molar-refractivity contribution in [2.45, 2.75) is 32.9 Å². The second kappa shape index (κ2) is 11.0. The average Bonchev–Trinajstić information content (AvgIpc) is 3.22. The van der Waals surface area contributed by atoms with Crippen LogP contribution in [0.2, 0.25) is 0 Å². The Morgan fingerprint density at radius 1 is 1.20 bits per heavy atom. The largest absolute Gasteiger partial charge is 0.491 e. The number of nitrogens with zero attached hydrogens (tertiary/aromatic N) is 3. The maximum absolute atomic E-state index is 13.4. The molecule has 0 saturated carbocycles. The zero-order chi connectivity index (χ0) is 21.2. The van der Waals surface area contributed by atoms with Crippen LogP contribution in [0.5, 0.6) is 5.75 Å². The van der Waals surface area contributed by atoms with Crippen LogP contribution >= 0.6 is 0 Å². The number of halogens is 1. The first-order valence-corrected chi connectivity index (χ1v) is 10.1. The Kier molecular flexibility index (Phi) is 7.83. The molecule has 0 unspecified atom stereocenters. The van der Waals surface area contributed by atoms with Crippen LogP contribution in [0.4, 0.5) is 10.1 Å². The molecule has 3 aromatic rings. The van der Waals surface area contributed by atoms with Gasteiger partial charge in [-0.1, -0.05) is 12.1 Å². The number of nitrogens with one attached hydrogen (secondary N) is 2. The smallest absolute Gasteiger partial charge is 0.195 e. The number of benzene rings is 2. The number of imidazole rings is 1. The minimum absolute atomic E-state index is 0.133. The SMILES string of the molecule is CC(C)Oc1ccc(NC(=NCCc2cccc(F)c2)NCCn2ccnc2)cc1. The third kappa shape index (κ3) is 7.24. The maximum atomic E-state index is 13.4. The van der Waals surface area contributed by atoms with E-state index < -0.39 is 0 Å². The highest BCUT2D eigenvalue weighted by atomic mass is 19.1. The highest BCUT2D eigenvalue weighted by molar-refractivity contribution is 5.93. The zero-order valence-corrected chi connectivity index (χ0v) is 17.4. The first-order chi connectivity index (χ1) is 14.6. The number of aromatic nitrogens is 2. The lowest BCUT2D eigenvalue weighted by molar-refractivity contribution is 0.242. The molecule has 0 amide bonds. The van der Waals surface area contributed by atoms with Crippen LogP contribution in [0.3, 0.4) is 0 Å². The van der Waals surface area contributed by atoms with Crippen molar-refractivity contribution in [3.05, 3.63) is 78.6 Å². The molecule has 0 saturated heterocycles. The van der Waals surface area contributed by atoms with Gasteiger partial charge < -0.3 is 19.9 Å². The van der Waals surface area contributed by atoms with Crippen molar-refractivity contribution in [1.82, 2.24) is 14.9 Å². The summed E-state index contributed by atoms with van der Waals surface area (Å²) >= 11 is 0. The van der Waals surface area contributed by atoms with Crippen molar-refractivity contribution in [3.63, 3.8) is 0 Å². The number of ether oxygens (including phenoxy) is 1. The molecule has 1 heterocycles. The molecule has 158 valence electrons. The van der Waals surface area contributed by atoms with E-state index >= 15 is 0 Å². The Bertz CT molecular complexity index is 923. The summed E-state index contributed by atoms with van der Waals surface area (Å²) in [6.45, 7) is 6.00. The summed E-state index contributed by atoms with van der Waals surface area (Å²) in [7, 11) is 0. The van der Waals surface area contributed by atoms with Crippen molar-refractivity contribution in [2.24, 2.45) is 4.99 Å². The quantitative estimate of drug-likeness (QED) is 0.412. The number of guanidine groups is 1. The topological polar surface area (TPSA) is 63.5 Å². The van der Waals surface area contributed by atoms with Crippen molar-refractivity contribution in [1.29, 1.82) is 0 Å². The molecule has 0 spiro atoms. The normalized spacial score (nSPS) is 11.5. The molecule has 3 rings (SSSR count). The molecule has 1 aromatic heterocycles. The van der Waals surface area contributed by atoms with E-state index in [2.05, 4.69) is 20.6 Å². The summed E-state index contributed by atoms with van der Waals surface area (Å²) in [6, 6.07) is 14.4. The molecule has 0 aliphatic heterocycles. The van der Waals surface area contributed by atoms with E-state index in [0.717, 1.165) is 23.5 Å². The number of rotatable bonds is 9. The van der Waals surface area contributed by atoms with Crippen LogP contribution < -0.4 is 15.4 Å². The van der Waals surface area contributed by atoms with Crippen molar-refractivity contribution < 1.29 is 9.13 Å². The third-order valence-electron chi connectivity index (χ3n) is 4.27. The van der Waals surface area contributed by atoms with Gasteiger partial charge in [-0.25, -0.2) is 9.37 Å². The molecule has 0 aliphatic carbocycles. The lowest BCUT2D eigenvalue weighted by atomic mass is 10.1. The Balaban J connectivity index is 1.61. The van der Waals surface area contributed by atoms with Gasteiger partial charge in [-0.05, 0) is 62.2 Å². The molecule has 0 radical (unpaired) electrons. The molecule has 2 N–H and O–H groups in total. The van der Waals surface area contributed by atoms with E-state index in [1.165, 1.54) is 6.07 Å². The highest BCUT2D eigenvalue weighted by Crippen LogP contribution is 2.16. The summed E-state index contributed by atoms with van der Waals surface area (Å²) in [5, 5.41) is 6.66. The molecule has 7 heteroatoms. The van der Waals surface area contributed by atoms with Crippen LogP contribution in [0.15, 0.2) is 72.2 Å². The second-order valence-electron chi connectivity index (χ2n) is 7.15. The van der Waals surface area contributed by atoms with Crippen LogP contribution in [0, 0.1) is 5.82 Å². The zero-order valence-electron chi connectivity index (χ0n) is 17.4. The molecule has 2 aromatic carbocycles. The van der Waals surface area contributed by atoms with Crippen LogP contribution in [-0.4, -0.2) is 34.7 Å². The summed E-state index contributed by atoms with van der Waals surface area (Å²) in [4.78, 5) is 8.70. The predicted molar refractivity (Wildman–Crippen MR) is 118 cm³/mol. The van der Waals surface area contributed by atoms with Gasteiger partial charge in [0.25, 0.3) is 0 Å². The van der Waals surface area contributed by atoms with Gasteiger partial charge in [-0.2, -0.15) is 0 Å². The number of hydrogen-bond donors (Lipinski definition) is 2. The van der Waals surface area contributed by atoms with Crippen molar-refractivity contribution >= 4 is 11.6 Å². The summed E-state index contributed by atoms with van der Waals surface area (Å²) in [6.07, 6.45) is 6.25. The third-order valence-corrected chi connectivity index (χ3v) is 4.27. The first-order valence-electron chi connectivity index (χ1n) is 10.1. The number of aliphatic imine (C=N–C) groups is 1. The fraction of sp³-hybridized carbons (Fsp3) is 0.304. The molecule has 0 bridgehead atoms. The van der Waals surface area contributed by atoms with Gasteiger partial charge in [-0.15, -0.1) is 0 Å². The van der Waals surface area contributed by atoms with E-state index in [4.69, 9.17) is 4.74 Å². The lowest BCUT2D eigenvalue weighted by Crippen LogP contribution is -2.33. The fourth-order valence-corrected chi connectivity index (χ4v) is 2.88. The second-order valence-corrected chi connectivity index (χ2v) is 7.15. The molecule has 0 aliphatic rings. The average molecular weight is 410 g/mol. The van der Waals surface area contributed by atoms with Gasteiger partial charge in [0.1, 0.15) is 11.6 Å². The number of anilines is 1.